The van der Waals surface area contributed by atoms with Crippen LogP contribution in [-0.2, 0) is 0 Å². The number of carbonyl (C=O) groups excluding carboxylic acids is 1. The highest BCUT2D eigenvalue weighted by Gasteiger charge is 2.31. The number of thioether (sulfide) groups is 1. The second-order valence-corrected chi connectivity index (χ2v) is 6.72. The van der Waals surface area contributed by atoms with E-state index in [9.17, 15) is 18.0 Å². The minimum Gasteiger partial charge on any atom is -0.406 e. The van der Waals surface area contributed by atoms with Crippen molar-refractivity contribution in [2.45, 2.75) is 24.4 Å². The molecule has 6 nitrogen and oxygen atoms in total. The molecule has 0 spiro atoms. The number of tetrazole rings is 1. The number of hydrogen-bond acceptors (Lipinski definition) is 6. The van der Waals surface area contributed by atoms with Crippen molar-refractivity contribution < 1.29 is 22.7 Å². The second kappa shape index (κ2) is 8.87. The van der Waals surface area contributed by atoms with Crippen LogP contribution < -0.4 is 4.74 Å². The van der Waals surface area contributed by atoms with Gasteiger partial charge in [0.15, 0.2) is 5.78 Å². The molecule has 3 aromatic rings. The lowest BCUT2D eigenvalue weighted by molar-refractivity contribution is -0.274. The van der Waals surface area contributed by atoms with E-state index in [1.807, 2.05) is 18.2 Å². The number of rotatable bonds is 8. The van der Waals surface area contributed by atoms with Crippen molar-refractivity contribution in [1.82, 2.24) is 20.2 Å². The second-order valence-electron chi connectivity index (χ2n) is 5.66. The van der Waals surface area contributed by atoms with Crippen molar-refractivity contribution in [1.29, 1.82) is 0 Å². The number of hydrogen-bond donors (Lipinski definition) is 0. The summed E-state index contributed by atoms with van der Waals surface area (Å²) in [6.45, 7) is 0. The van der Waals surface area contributed by atoms with Crippen molar-refractivity contribution in [3.8, 4) is 11.4 Å². The van der Waals surface area contributed by atoms with E-state index in [4.69, 9.17) is 0 Å². The molecule has 0 radical (unpaired) electrons. The first-order valence-corrected chi connectivity index (χ1v) is 9.26. The summed E-state index contributed by atoms with van der Waals surface area (Å²) in [6, 6.07) is 14.3. The Hall–Kier alpha value is -2.88. The van der Waals surface area contributed by atoms with E-state index in [1.165, 1.54) is 40.7 Å². The van der Waals surface area contributed by atoms with Gasteiger partial charge in [-0.3, -0.25) is 4.79 Å². The number of Topliss-reactive ketones (excluding diaryl/α,β-unsaturated/α-hetero) is 1. The third-order valence-electron chi connectivity index (χ3n) is 3.63. The summed E-state index contributed by atoms with van der Waals surface area (Å²) in [5, 5.41) is 11.9. The molecule has 0 bridgehead atoms. The zero-order chi connectivity index (χ0) is 20.0. The minimum atomic E-state index is -4.74. The maximum atomic E-state index is 12.2. The molecule has 0 fully saturated rings. The van der Waals surface area contributed by atoms with Gasteiger partial charge in [-0.2, -0.15) is 4.68 Å². The molecule has 0 atom stereocenters. The van der Waals surface area contributed by atoms with E-state index in [-0.39, 0.29) is 11.5 Å². The molecule has 2 aromatic carbocycles. The van der Waals surface area contributed by atoms with Crippen molar-refractivity contribution in [3.63, 3.8) is 0 Å². The number of alkyl halides is 3. The summed E-state index contributed by atoms with van der Waals surface area (Å²) in [5.74, 6) is 0.368. The normalized spacial score (nSPS) is 11.4. The molecule has 0 aliphatic heterocycles. The van der Waals surface area contributed by atoms with Crippen molar-refractivity contribution >= 4 is 17.5 Å². The van der Waals surface area contributed by atoms with Crippen LogP contribution in [0.1, 0.15) is 23.2 Å². The Bertz CT molecular complexity index is 915. The first kappa shape index (κ1) is 19.9. The third kappa shape index (κ3) is 5.56. The molecule has 0 N–H and O–H groups in total. The predicted octanol–water partition coefficient (Wildman–Crippen LogP) is 4.32. The van der Waals surface area contributed by atoms with Gasteiger partial charge < -0.3 is 4.74 Å². The molecular weight excluding hydrogens is 393 g/mol. The largest absolute Gasteiger partial charge is 0.573 e. The van der Waals surface area contributed by atoms with Crippen LogP contribution in [0.4, 0.5) is 13.2 Å². The standard InChI is InChI=1S/C18H15F3N4O2S/c19-18(20,21)27-15-10-8-14(9-11-15)25-17(22-23-24-25)28-12-4-7-16(26)13-5-2-1-3-6-13/h1-3,5-6,8-11H,4,7,12H2. The first-order valence-electron chi connectivity index (χ1n) is 8.28. The summed E-state index contributed by atoms with van der Waals surface area (Å²) in [4.78, 5) is 12.1. The highest BCUT2D eigenvalue weighted by molar-refractivity contribution is 7.99. The number of benzene rings is 2. The molecule has 28 heavy (non-hydrogen) atoms. The highest BCUT2D eigenvalue weighted by Crippen LogP contribution is 2.25. The number of nitrogens with zero attached hydrogens (tertiary/aromatic N) is 4. The smallest absolute Gasteiger partial charge is 0.406 e. The fraction of sp³-hybridized carbons (Fsp3) is 0.222. The molecule has 0 saturated carbocycles. The van der Waals surface area contributed by atoms with Gasteiger partial charge in [0, 0.05) is 17.7 Å². The monoisotopic (exact) mass is 408 g/mol. The molecule has 0 saturated heterocycles. The molecule has 1 aromatic heterocycles. The van der Waals surface area contributed by atoms with E-state index in [1.54, 1.807) is 12.1 Å². The lowest BCUT2D eigenvalue weighted by Crippen LogP contribution is -2.17. The molecule has 0 aliphatic carbocycles. The maximum Gasteiger partial charge on any atom is 0.573 e. The number of ketones is 1. The van der Waals surface area contributed by atoms with E-state index in [0.29, 0.717) is 35.0 Å². The van der Waals surface area contributed by atoms with Gasteiger partial charge in [0.05, 0.1) is 5.69 Å². The Kier molecular flexibility index (Phi) is 6.30. The van der Waals surface area contributed by atoms with Gasteiger partial charge in [-0.15, -0.1) is 18.3 Å². The topological polar surface area (TPSA) is 69.9 Å². The van der Waals surface area contributed by atoms with E-state index in [2.05, 4.69) is 20.3 Å². The van der Waals surface area contributed by atoms with Gasteiger partial charge in [0.1, 0.15) is 5.75 Å². The molecule has 0 amide bonds. The molecular formula is C18H15F3N4O2S. The van der Waals surface area contributed by atoms with Crippen LogP contribution >= 0.6 is 11.8 Å². The molecule has 146 valence electrons. The Morgan fingerprint density at radius 3 is 2.46 bits per heavy atom. The van der Waals surface area contributed by atoms with Gasteiger partial charge in [-0.25, -0.2) is 0 Å². The Balaban J connectivity index is 1.54. The quantitative estimate of drug-likeness (QED) is 0.314. The van der Waals surface area contributed by atoms with Crippen molar-refractivity contribution in [3.05, 3.63) is 60.2 Å². The van der Waals surface area contributed by atoms with Crippen LogP contribution in [0.25, 0.3) is 5.69 Å². The van der Waals surface area contributed by atoms with Crippen LogP contribution in [0.3, 0.4) is 0 Å². The lowest BCUT2D eigenvalue weighted by Gasteiger charge is -2.09. The molecule has 1 heterocycles. The number of halogens is 3. The third-order valence-corrected chi connectivity index (χ3v) is 4.64. The Morgan fingerprint density at radius 1 is 1.07 bits per heavy atom. The maximum absolute atomic E-state index is 12.2. The first-order chi connectivity index (χ1) is 13.4. The van der Waals surface area contributed by atoms with Gasteiger partial charge in [0.2, 0.25) is 5.16 Å². The van der Waals surface area contributed by atoms with Gasteiger partial charge >= 0.3 is 6.36 Å². The average molecular weight is 408 g/mol. The van der Waals surface area contributed by atoms with Crippen molar-refractivity contribution in [2.75, 3.05) is 5.75 Å². The molecule has 0 aliphatic rings. The SMILES string of the molecule is O=C(CCCSc1nnnn1-c1ccc(OC(F)(F)F)cc1)c1ccccc1. The number of aromatic nitrogens is 4. The number of ether oxygens (including phenoxy) is 1. The summed E-state index contributed by atoms with van der Waals surface area (Å²) < 4.78 is 42.0. The van der Waals surface area contributed by atoms with Crippen LogP contribution in [-0.4, -0.2) is 38.1 Å². The van der Waals surface area contributed by atoms with Crippen LogP contribution in [0.15, 0.2) is 59.8 Å². The average Bonchev–Trinajstić information content (AvgIpc) is 3.13. The summed E-state index contributed by atoms with van der Waals surface area (Å²) in [6.07, 6.45) is -3.69. The Morgan fingerprint density at radius 2 is 1.79 bits per heavy atom. The van der Waals surface area contributed by atoms with Crippen LogP contribution in [0.2, 0.25) is 0 Å². The molecule has 0 unspecified atom stereocenters. The molecule has 10 heteroatoms. The van der Waals surface area contributed by atoms with E-state index >= 15 is 0 Å². The highest BCUT2D eigenvalue weighted by atomic mass is 32.2. The predicted molar refractivity (Wildman–Crippen MR) is 96.6 cm³/mol. The fourth-order valence-corrected chi connectivity index (χ4v) is 3.21. The summed E-state index contributed by atoms with van der Waals surface area (Å²) in [5.41, 5.74) is 1.18. The van der Waals surface area contributed by atoms with Gasteiger partial charge in [-0.05, 0) is 41.1 Å². The summed E-state index contributed by atoms with van der Waals surface area (Å²) >= 11 is 1.36. The number of carbonyl (C=O) groups is 1. The van der Waals surface area contributed by atoms with E-state index in [0.717, 1.165) is 0 Å². The fourth-order valence-electron chi connectivity index (χ4n) is 2.38. The molecule has 3 rings (SSSR count). The zero-order valence-corrected chi connectivity index (χ0v) is 15.3. The van der Waals surface area contributed by atoms with Crippen LogP contribution in [0.5, 0.6) is 5.75 Å². The summed E-state index contributed by atoms with van der Waals surface area (Å²) in [7, 11) is 0. The zero-order valence-electron chi connectivity index (χ0n) is 14.5. The van der Waals surface area contributed by atoms with Gasteiger partial charge in [-0.1, -0.05) is 42.1 Å². The van der Waals surface area contributed by atoms with Gasteiger partial charge in [0.25, 0.3) is 0 Å². The van der Waals surface area contributed by atoms with Crippen molar-refractivity contribution in [2.24, 2.45) is 0 Å². The van der Waals surface area contributed by atoms with Crippen LogP contribution in [0, 0.1) is 0 Å². The Labute approximate surface area is 162 Å². The minimum absolute atomic E-state index is 0.0704. The lowest BCUT2D eigenvalue weighted by atomic mass is 10.1. The van der Waals surface area contributed by atoms with E-state index < -0.39 is 6.36 Å².